The molecule has 2 amide bonds. The highest BCUT2D eigenvalue weighted by atomic mass is 16.2. The van der Waals surface area contributed by atoms with Gasteiger partial charge in [-0.2, -0.15) is 0 Å². The summed E-state index contributed by atoms with van der Waals surface area (Å²) in [7, 11) is 0. The average molecular weight is 260 g/mol. The molecular formula is C15H20N2O2. The van der Waals surface area contributed by atoms with Gasteiger partial charge in [0.15, 0.2) is 0 Å². The molecule has 1 aromatic carbocycles. The molecule has 2 unspecified atom stereocenters. The lowest BCUT2D eigenvalue weighted by Gasteiger charge is -2.29. The molecule has 1 saturated heterocycles. The molecule has 1 aromatic rings. The van der Waals surface area contributed by atoms with Crippen LogP contribution in [0.1, 0.15) is 38.3 Å². The van der Waals surface area contributed by atoms with E-state index in [4.69, 9.17) is 0 Å². The molecule has 1 N–H and O–H groups in total. The third-order valence-electron chi connectivity index (χ3n) is 3.67. The Morgan fingerprint density at radius 3 is 2.63 bits per heavy atom. The summed E-state index contributed by atoms with van der Waals surface area (Å²) in [4.78, 5) is 26.2. The Hall–Kier alpha value is -1.84. The van der Waals surface area contributed by atoms with E-state index in [9.17, 15) is 9.59 Å². The van der Waals surface area contributed by atoms with Crippen molar-refractivity contribution in [1.82, 2.24) is 10.2 Å². The molecule has 0 aromatic heterocycles. The minimum Gasteiger partial charge on any atom is -0.340 e. The molecule has 2 atom stereocenters. The average Bonchev–Trinajstić information content (AvgIpc) is 2.59. The van der Waals surface area contributed by atoms with Gasteiger partial charge in [0.1, 0.15) is 6.04 Å². The first kappa shape index (κ1) is 13.6. The first-order chi connectivity index (χ1) is 9.13. The minimum atomic E-state index is -0.551. The van der Waals surface area contributed by atoms with Gasteiger partial charge in [-0.3, -0.25) is 9.59 Å². The number of rotatable bonds is 3. The monoisotopic (exact) mass is 260 g/mol. The predicted molar refractivity (Wildman–Crippen MR) is 73.4 cm³/mol. The van der Waals surface area contributed by atoms with Crippen LogP contribution in [0.15, 0.2) is 30.3 Å². The van der Waals surface area contributed by atoms with Crippen LogP contribution in [0.5, 0.6) is 0 Å². The Balaban J connectivity index is 2.30. The van der Waals surface area contributed by atoms with Crippen molar-refractivity contribution in [1.29, 1.82) is 0 Å². The van der Waals surface area contributed by atoms with Crippen LogP contribution >= 0.6 is 0 Å². The fourth-order valence-electron chi connectivity index (χ4n) is 2.32. The Bertz CT molecular complexity index is 458. The summed E-state index contributed by atoms with van der Waals surface area (Å²) >= 11 is 0. The summed E-state index contributed by atoms with van der Waals surface area (Å²) in [6.45, 7) is 4.58. The van der Waals surface area contributed by atoms with Crippen molar-refractivity contribution in [3.05, 3.63) is 35.9 Å². The quantitative estimate of drug-likeness (QED) is 0.902. The van der Waals surface area contributed by atoms with E-state index in [0.717, 1.165) is 12.0 Å². The van der Waals surface area contributed by atoms with E-state index < -0.39 is 6.04 Å². The van der Waals surface area contributed by atoms with Crippen LogP contribution in [0.4, 0.5) is 0 Å². The number of hydrogen-bond acceptors (Lipinski definition) is 2. The van der Waals surface area contributed by atoms with Crippen LogP contribution in [0.3, 0.4) is 0 Å². The molecule has 0 saturated carbocycles. The SMILES string of the molecule is CCC(C)N1CCC(=O)NC(c2ccccc2)C1=O. The molecule has 2 rings (SSSR count). The molecule has 1 aliphatic rings. The van der Waals surface area contributed by atoms with E-state index in [-0.39, 0.29) is 17.9 Å². The third kappa shape index (κ3) is 2.95. The second kappa shape index (κ2) is 5.87. The van der Waals surface area contributed by atoms with Crippen LogP contribution in [0, 0.1) is 0 Å². The fourth-order valence-corrected chi connectivity index (χ4v) is 2.32. The minimum absolute atomic E-state index is 0.00796. The third-order valence-corrected chi connectivity index (χ3v) is 3.67. The van der Waals surface area contributed by atoms with Gasteiger partial charge in [0, 0.05) is 19.0 Å². The molecule has 1 aliphatic heterocycles. The van der Waals surface area contributed by atoms with Gasteiger partial charge < -0.3 is 10.2 Å². The lowest BCUT2D eigenvalue weighted by molar-refractivity contribution is -0.135. The van der Waals surface area contributed by atoms with E-state index in [1.165, 1.54) is 0 Å². The summed E-state index contributed by atoms with van der Waals surface area (Å²) in [5.74, 6) is -0.0700. The van der Waals surface area contributed by atoms with Crippen LogP contribution < -0.4 is 5.32 Å². The number of carbonyl (C=O) groups excluding carboxylic acids is 2. The van der Waals surface area contributed by atoms with E-state index in [0.29, 0.717) is 13.0 Å². The molecule has 1 fully saturated rings. The van der Waals surface area contributed by atoms with Crippen molar-refractivity contribution in [3.8, 4) is 0 Å². The summed E-state index contributed by atoms with van der Waals surface area (Å²) in [5.41, 5.74) is 0.844. The number of benzene rings is 1. The number of nitrogens with zero attached hydrogens (tertiary/aromatic N) is 1. The van der Waals surface area contributed by atoms with Crippen LogP contribution in [0.25, 0.3) is 0 Å². The van der Waals surface area contributed by atoms with Gasteiger partial charge in [-0.15, -0.1) is 0 Å². The van der Waals surface area contributed by atoms with E-state index >= 15 is 0 Å². The lowest BCUT2D eigenvalue weighted by Crippen LogP contribution is -2.42. The summed E-state index contributed by atoms with van der Waals surface area (Å²) in [6, 6.07) is 9.03. The van der Waals surface area contributed by atoms with Gasteiger partial charge in [-0.25, -0.2) is 0 Å². The van der Waals surface area contributed by atoms with Crippen molar-refractivity contribution in [2.24, 2.45) is 0 Å². The molecule has 19 heavy (non-hydrogen) atoms. The van der Waals surface area contributed by atoms with Gasteiger partial charge in [0.25, 0.3) is 0 Å². The van der Waals surface area contributed by atoms with Crippen molar-refractivity contribution < 1.29 is 9.59 Å². The highest BCUT2D eigenvalue weighted by molar-refractivity contribution is 5.91. The Morgan fingerprint density at radius 2 is 2.00 bits per heavy atom. The van der Waals surface area contributed by atoms with Crippen molar-refractivity contribution in [3.63, 3.8) is 0 Å². The molecule has 4 heteroatoms. The fraction of sp³-hybridized carbons (Fsp3) is 0.467. The number of nitrogens with one attached hydrogen (secondary N) is 1. The zero-order valence-electron chi connectivity index (χ0n) is 11.4. The second-order valence-corrected chi connectivity index (χ2v) is 4.95. The maximum atomic E-state index is 12.6. The Labute approximate surface area is 113 Å². The van der Waals surface area contributed by atoms with Gasteiger partial charge in [0.05, 0.1) is 0 Å². The smallest absolute Gasteiger partial charge is 0.250 e. The molecule has 1 heterocycles. The van der Waals surface area contributed by atoms with Crippen LogP contribution in [0.2, 0.25) is 0 Å². The van der Waals surface area contributed by atoms with Crippen LogP contribution in [-0.2, 0) is 9.59 Å². The molecule has 102 valence electrons. The van der Waals surface area contributed by atoms with Gasteiger partial charge >= 0.3 is 0 Å². The molecule has 0 spiro atoms. The van der Waals surface area contributed by atoms with Crippen LogP contribution in [-0.4, -0.2) is 29.3 Å². The van der Waals surface area contributed by atoms with E-state index in [1.807, 2.05) is 42.2 Å². The largest absolute Gasteiger partial charge is 0.340 e. The normalized spacial score (nSPS) is 21.8. The summed E-state index contributed by atoms with van der Waals surface area (Å²) < 4.78 is 0. The molecule has 4 nitrogen and oxygen atoms in total. The van der Waals surface area contributed by atoms with E-state index in [1.54, 1.807) is 0 Å². The maximum absolute atomic E-state index is 12.6. The Morgan fingerprint density at radius 1 is 1.32 bits per heavy atom. The van der Waals surface area contributed by atoms with Gasteiger partial charge in [0.2, 0.25) is 11.8 Å². The predicted octanol–water partition coefficient (Wildman–Crippen LogP) is 1.87. The van der Waals surface area contributed by atoms with Gasteiger partial charge in [-0.1, -0.05) is 37.3 Å². The van der Waals surface area contributed by atoms with Crippen molar-refractivity contribution >= 4 is 11.8 Å². The molecular weight excluding hydrogens is 240 g/mol. The topological polar surface area (TPSA) is 49.4 Å². The first-order valence-corrected chi connectivity index (χ1v) is 6.78. The first-order valence-electron chi connectivity index (χ1n) is 6.78. The molecule has 0 radical (unpaired) electrons. The number of hydrogen-bond donors (Lipinski definition) is 1. The number of carbonyl (C=O) groups is 2. The Kier molecular flexibility index (Phi) is 4.20. The van der Waals surface area contributed by atoms with Crippen molar-refractivity contribution in [2.75, 3.05) is 6.54 Å². The zero-order valence-corrected chi connectivity index (χ0v) is 11.4. The highest BCUT2D eigenvalue weighted by Gasteiger charge is 2.32. The maximum Gasteiger partial charge on any atom is 0.250 e. The highest BCUT2D eigenvalue weighted by Crippen LogP contribution is 2.21. The summed E-state index contributed by atoms with van der Waals surface area (Å²) in [5, 5.41) is 2.82. The van der Waals surface area contributed by atoms with E-state index in [2.05, 4.69) is 12.2 Å². The zero-order chi connectivity index (χ0) is 13.8. The summed E-state index contributed by atoms with van der Waals surface area (Å²) in [6.07, 6.45) is 1.26. The molecule has 0 bridgehead atoms. The second-order valence-electron chi connectivity index (χ2n) is 4.95. The molecule has 0 aliphatic carbocycles. The number of amides is 2. The lowest BCUT2D eigenvalue weighted by atomic mass is 10.0. The van der Waals surface area contributed by atoms with Gasteiger partial charge in [-0.05, 0) is 18.9 Å². The standard InChI is InChI=1S/C15H20N2O2/c1-3-11(2)17-10-9-13(18)16-14(15(17)19)12-7-5-4-6-8-12/h4-8,11,14H,3,9-10H2,1-2H3,(H,16,18). The van der Waals surface area contributed by atoms with Crippen molar-refractivity contribution in [2.45, 2.75) is 38.8 Å².